The van der Waals surface area contributed by atoms with Gasteiger partial charge in [-0.2, -0.15) is 5.10 Å². The summed E-state index contributed by atoms with van der Waals surface area (Å²) in [6.07, 6.45) is 2.98. The lowest BCUT2D eigenvalue weighted by Crippen LogP contribution is -2.13. The fourth-order valence-electron chi connectivity index (χ4n) is 1.80. The van der Waals surface area contributed by atoms with Crippen molar-refractivity contribution in [2.24, 2.45) is 0 Å². The molecule has 8 nitrogen and oxygen atoms in total. The van der Waals surface area contributed by atoms with Gasteiger partial charge >= 0.3 is 0 Å². The molecule has 0 bridgehead atoms. The zero-order valence-corrected chi connectivity index (χ0v) is 12.6. The Morgan fingerprint density at radius 1 is 1.52 bits per heavy atom. The summed E-state index contributed by atoms with van der Waals surface area (Å²) in [5.41, 5.74) is 0.345. The molecule has 2 aromatic rings. The molecule has 0 aliphatic heterocycles. The van der Waals surface area contributed by atoms with E-state index in [1.807, 2.05) is 0 Å². The molecule has 0 atom stereocenters. The number of hydrogen-bond acceptors (Lipinski definition) is 6. The third-order valence-electron chi connectivity index (χ3n) is 2.78. The number of anilines is 1. The highest BCUT2D eigenvalue weighted by molar-refractivity contribution is 7.92. The Kier molecular flexibility index (Phi) is 4.66. The molecule has 0 fully saturated rings. The highest BCUT2D eigenvalue weighted by Gasteiger charge is 2.22. The molecule has 0 aliphatic rings. The van der Waals surface area contributed by atoms with Gasteiger partial charge in [-0.25, -0.2) is 8.42 Å². The topological polar surface area (TPSA) is 107 Å². The summed E-state index contributed by atoms with van der Waals surface area (Å²) in [7, 11) is -2.20. The monoisotopic (exact) mass is 315 g/mol. The molecule has 2 heterocycles. The van der Waals surface area contributed by atoms with Gasteiger partial charge in [-0.3, -0.25) is 9.40 Å². The zero-order chi connectivity index (χ0) is 15.5. The minimum atomic E-state index is -3.78. The average Bonchev–Trinajstić information content (AvgIpc) is 3.02. The van der Waals surface area contributed by atoms with Crippen molar-refractivity contribution in [1.82, 2.24) is 9.78 Å². The van der Waals surface area contributed by atoms with Crippen LogP contribution in [0.2, 0.25) is 0 Å². The Morgan fingerprint density at radius 3 is 2.90 bits per heavy atom. The second-order valence-corrected chi connectivity index (χ2v) is 6.03. The molecular weight excluding hydrogens is 298 g/mol. The normalized spacial score (nSPS) is 11.8. The number of furan rings is 1. The first-order valence-electron chi connectivity index (χ1n) is 6.20. The maximum Gasteiger partial charge on any atom is 0.265 e. The SMILES string of the molecule is COCCn1cc(NS(=O)(=O)c2cc(CO)oc2C)cn1. The van der Waals surface area contributed by atoms with Crippen LogP contribution < -0.4 is 4.72 Å². The van der Waals surface area contributed by atoms with Crippen molar-refractivity contribution < 1.29 is 22.7 Å². The minimum Gasteiger partial charge on any atom is -0.462 e. The summed E-state index contributed by atoms with van der Waals surface area (Å²) >= 11 is 0. The van der Waals surface area contributed by atoms with E-state index in [1.165, 1.54) is 19.2 Å². The standard InChI is InChI=1S/C12H17N3O5S/c1-9-12(5-11(8-16)20-9)21(17,18)14-10-6-13-15(7-10)3-4-19-2/h5-7,14,16H,3-4,8H2,1-2H3. The van der Waals surface area contributed by atoms with Crippen LogP contribution in [0.1, 0.15) is 11.5 Å². The van der Waals surface area contributed by atoms with Gasteiger partial charge in [0.1, 0.15) is 23.0 Å². The Morgan fingerprint density at radius 2 is 2.29 bits per heavy atom. The smallest absolute Gasteiger partial charge is 0.265 e. The Balaban J connectivity index is 2.16. The van der Waals surface area contributed by atoms with Gasteiger partial charge in [0.25, 0.3) is 10.0 Å². The highest BCUT2D eigenvalue weighted by atomic mass is 32.2. The Hall–Kier alpha value is -1.84. The molecule has 0 saturated heterocycles. The number of sulfonamides is 1. The van der Waals surface area contributed by atoms with Crippen molar-refractivity contribution in [3.63, 3.8) is 0 Å². The Bertz CT molecular complexity index is 704. The van der Waals surface area contributed by atoms with Gasteiger partial charge in [0, 0.05) is 19.4 Å². The van der Waals surface area contributed by atoms with Gasteiger partial charge in [-0.15, -0.1) is 0 Å². The molecule has 2 rings (SSSR count). The molecular formula is C12H17N3O5S. The first-order valence-corrected chi connectivity index (χ1v) is 7.69. The van der Waals surface area contributed by atoms with Crippen LogP contribution in [-0.2, 0) is 27.9 Å². The third kappa shape index (κ3) is 3.63. The van der Waals surface area contributed by atoms with Gasteiger partial charge in [0.15, 0.2) is 0 Å². The van der Waals surface area contributed by atoms with Crippen molar-refractivity contribution >= 4 is 15.7 Å². The number of aliphatic hydroxyl groups is 1. The highest BCUT2D eigenvalue weighted by Crippen LogP contribution is 2.22. The lowest BCUT2D eigenvalue weighted by molar-refractivity contribution is 0.183. The lowest BCUT2D eigenvalue weighted by Gasteiger charge is -2.04. The summed E-state index contributed by atoms with van der Waals surface area (Å²) in [5, 5.41) is 13.0. The van der Waals surface area contributed by atoms with Crippen LogP contribution >= 0.6 is 0 Å². The number of methoxy groups -OCH3 is 1. The molecule has 0 aliphatic carbocycles. The summed E-state index contributed by atoms with van der Waals surface area (Å²) in [6.45, 7) is 2.17. The van der Waals surface area contributed by atoms with Crippen molar-refractivity contribution in [3.8, 4) is 0 Å². The van der Waals surface area contributed by atoms with E-state index in [-0.39, 0.29) is 23.0 Å². The summed E-state index contributed by atoms with van der Waals surface area (Å²) < 4.78 is 38.6. The molecule has 21 heavy (non-hydrogen) atoms. The summed E-state index contributed by atoms with van der Waals surface area (Å²) in [4.78, 5) is -0.00353. The van der Waals surface area contributed by atoms with Crippen LogP contribution in [-0.4, -0.2) is 37.0 Å². The molecule has 0 spiro atoms. The van der Waals surface area contributed by atoms with E-state index in [4.69, 9.17) is 14.3 Å². The molecule has 0 aromatic carbocycles. The fraction of sp³-hybridized carbons (Fsp3) is 0.417. The van der Waals surface area contributed by atoms with Crippen molar-refractivity contribution in [1.29, 1.82) is 0 Å². The number of nitrogens with one attached hydrogen (secondary N) is 1. The van der Waals surface area contributed by atoms with Crippen LogP contribution in [0.5, 0.6) is 0 Å². The first kappa shape index (κ1) is 15.5. The molecule has 0 unspecified atom stereocenters. The number of rotatable bonds is 7. The van der Waals surface area contributed by atoms with Gasteiger partial charge in [-0.1, -0.05) is 0 Å². The van der Waals surface area contributed by atoms with Crippen molar-refractivity contribution in [3.05, 3.63) is 30.0 Å². The largest absolute Gasteiger partial charge is 0.462 e. The van der Waals surface area contributed by atoms with Crippen LogP contribution in [0.25, 0.3) is 0 Å². The molecule has 2 aromatic heterocycles. The van der Waals surface area contributed by atoms with Gasteiger partial charge < -0.3 is 14.3 Å². The maximum absolute atomic E-state index is 12.3. The molecule has 2 N–H and O–H groups in total. The predicted molar refractivity (Wildman–Crippen MR) is 74.3 cm³/mol. The van der Waals surface area contributed by atoms with Gasteiger partial charge in [0.05, 0.1) is 25.0 Å². The molecule has 9 heteroatoms. The summed E-state index contributed by atoms with van der Waals surface area (Å²) in [6, 6.07) is 1.30. The third-order valence-corrected chi connectivity index (χ3v) is 4.27. The maximum atomic E-state index is 12.3. The number of hydrogen-bond donors (Lipinski definition) is 2. The second-order valence-electron chi connectivity index (χ2n) is 4.38. The van der Waals surface area contributed by atoms with Crippen molar-refractivity contribution in [2.75, 3.05) is 18.4 Å². The number of aryl methyl sites for hydroxylation is 1. The van der Waals surface area contributed by atoms with E-state index in [0.29, 0.717) is 18.8 Å². The summed E-state index contributed by atoms with van der Waals surface area (Å²) in [5.74, 6) is 0.419. The first-order chi connectivity index (χ1) is 9.96. The number of ether oxygens (including phenoxy) is 1. The zero-order valence-electron chi connectivity index (χ0n) is 11.7. The van der Waals surface area contributed by atoms with Crippen LogP contribution in [0.15, 0.2) is 27.8 Å². The van der Waals surface area contributed by atoms with E-state index < -0.39 is 10.0 Å². The van der Waals surface area contributed by atoms with E-state index in [2.05, 4.69) is 9.82 Å². The molecule has 0 radical (unpaired) electrons. The molecule has 0 saturated carbocycles. The van der Waals surface area contributed by atoms with E-state index in [0.717, 1.165) is 0 Å². The fourth-order valence-corrected chi connectivity index (χ4v) is 3.03. The van der Waals surface area contributed by atoms with Crippen molar-refractivity contribution in [2.45, 2.75) is 25.0 Å². The lowest BCUT2D eigenvalue weighted by atomic mass is 10.4. The predicted octanol–water partition coefficient (Wildman–Crippen LogP) is 0.724. The second kappa shape index (κ2) is 6.29. The number of aromatic nitrogens is 2. The Labute approximate surface area is 122 Å². The van der Waals surface area contributed by atoms with Crippen LogP contribution in [0.4, 0.5) is 5.69 Å². The number of aliphatic hydroxyl groups excluding tert-OH is 1. The van der Waals surface area contributed by atoms with Crippen LogP contribution in [0.3, 0.4) is 0 Å². The van der Waals surface area contributed by atoms with Crippen LogP contribution in [0, 0.1) is 6.92 Å². The molecule has 0 amide bonds. The quantitative estimate of drug-likeness (QED) is 0.780. The van der Waals surface area contributed by atoms with E-state index >= 15 is 0 Å². The van der Waals surface area contributed by atoms with Gasteiger partial charge in [-0.05, 0) is 6.92 Å². The number of nitrogens with zero attached hydrogens (tertiary/aromatic N) is 2. The minimum absolute atomic E-state index is 0.00353. The molecule has 116 valence electrons. The van der Waals surface area contributed by atoms with E-state index in [9.17, 15) is 8.42 Å². The average molecular weight is 315 g/mol. The van der Waals surface area contributed by atoms with Gasteiger partial charge in [0.2, 0.25) is 0 Å². The van der Waals surface area contributed by atoms with E-state index in [1.54, 1.807) is 18.0 Å².